The molecule has 1 amide bonds. The number of hydrogen-bond acceptors (Lipinski definition) is 3. The van der Waals surface area contributed by atoms with Gasteiger partial charge in [0.15, 0.2) is 0 Å². The van der Waals surface area contributed by atoms with Crippen LogP contribution >= 0.6 is 0 Å². The molecule has 2 unspecified atom stereocenters. The van der Waals surface area contributed by atoms with Gasteiger partial charge in [-0.2, -0.15) is 13.2 Å². The van der Waals surface area contributed by atoms with Crippen LogP contribution < -0.4 is 5.32 Å². The second-order valence-corrected chi connectivity index (χ2v) is 7.34. The Kier molecular flexibility index (Phi) is 4.22. The summed E-state index contributed by atoms with van der Waals surface area (Å²) in [4.78, 5) is 18.6. The van der Waals surface area contributed by atoms with Gasteiger partial charge in [-0.3, -0.25) is 15.1 Å². The largest absolute Gasteiger partial charge is 0.416 e. The van der Waals surface area contributed by atoms with E-state index in [0.29, 0.717) is 5.56 Å². The minimum absolute atomic E-state index is 0.0325. The van der Waals surface area contributed by atoms with Crippen LogP contribution in [0.15, 0.2) is 42.6 Å². The number of pyridine rings is 1. The average Bonchev–Trinajstić information content (AvgIpc) is 3.21. The molecule has 1 aromatic heterocycles. The van der Waals surface area contributed by atoms with Gasteiger partial charge in [-0.25, -0.2) is 0 Å². The summed E-state index contributed by atoms with van der Waals surface area (Å²) in [5, 5.41) is 3.47. The lowest BCUT2D eigenvalue weighted by Gasteiger charge is -2.23. The van der Waals surface area contributed by atoms with Crippen molar-refractivity contribution < 1.29 is 18.0 Å². The average molecular weight is 375 g/mol. The van der Waals surface area contributed by atoms with Crippen molar-refractivity contribution in [1.82, 2.24) is 15.2 Å². The van der Waals surface area contributed by atoms with Gasteiger partial charge >= 0.3 is 6.18 Å². The van der Waals surface area contributed by atoms with Crippen LogP contribution in [0.1, 0.15) is 36.6 Å². The molecule has 2 fully saturated rings. The number of aromatic nitrogens is 1. The smallest absolute Gasteiger partial charge is 0.344 e. The van der Waals surface area contributed by atoms with E-state index in [2.05, 4.69) is 10.3 Å². The minimum atomic E-state index is -4.34. The molecule has 1 spiro atoms. The fourth-order valence-electron chi connectivity index (χ4n) is 4.06. The lowest BCUT2D eigenvalue weighted by atomic mass is 9.96. The Labute approximate surface area is 155 Å². The highest BCUT2D eigenvalue weighted by atomic mass is 19.4. The molecule has 7 heteroatoms. The van der Waals surface area contributed by atoms with Gasteiger partial charge < -0.3 is 4.90 Å². The lowest BCUT2D eigenvalue weighted by molar-refractivity contribution is -0.137. The Hall–Kier alpha value is -2.41. The molecule has 2 aliphatic heterocycles. The first-order valence-electron chi connectivity index (χ1n) is 8.95. The van der Waals surface area contributed by atoms with Crippen LogP contribution in [0.5, 0.6) is 0 Å². The standard InChI is InChI=1S/C20H20F3N3O/c1-26-11-9-19(18(26)27)8-6-16(25-19)17-12-14(7-10-24-17)13-2-4-15(5-3-13)20(21,22)23/h2-5,7,10,12,16,25H,6,8-9,11H2,1H3. The molecule has 2 atom stereocenters. The number of amides is 1. The third kappa shape index (κ3) is 3.20. The van der Waals surface area contributed by atoms with E-state index < -0.39 is 17.3 Å². The van der Waals surface area contributed by atoms with E-state index in [-0.39, 0.29) is 11.9 Å². The molecule has 0 radical (unpaired) electrons. The SMILES string of the molecule is CN1CCC2(CCC(c3cc(-c4ccc(C(F)(F)F)cc4)ccn3)N2)C1=O. The van der Waals surface area contributed by atoms with Crippen LogP contribution in [0.25, 0.3) is 11.1 Å². The number of carbonyl (C=O) groups is 1. The van der Waals surface area contributed by atoms with Crippen LogP contribution in [0, 0.1) is 0 Å². The molecule has 0 bridgehead atoms. The van der Waals surface area contributed by atoms with Gasteiger partial charge in [-0.1, -0.05) is 12.1 Å². The number of nitrogens with zero attached hydrogens (tertiary/aromatic N) is 2. The quantitative estimate of drug-likeness (QED) is 0.869. The predicted molar refractivity (Wildman–Crippen MR) is 94.8 cm³/mol. The molecular formula is C20H20F3N3O. The second kappa shape index (κ2) is 6.34. The van der Waals surface area contributed by atoms with Crippen molar-refractivity contribution in [2.45, 2.75) is 37.0 Å². The number of likely N-dealkylation sites (tertiary alicyclic amines) is 1. The summed E-state index contributed by atoms with van der Waals surface area (Å²) in [7, 11) is 1.82. The maximum Gasteiger partial charge on any atom is 0.416 e. The summed E-state index contributed by atoms with van der Waals surface area (Å²) in [6.07, 6.45) is -0.309. The molecule has 4 rings (SSSR count). The van der Waals surface area contributed by atoms with Gasteiger partial charge in [0.2, 0.25) is 5.91 Å². The number of nitrogens with one attached hydrogen (secondary N) is 1. The molecule has 4 nitrogen and oxygen atoms in total. The number of carbonyl (C=O) groups excluding carboxylic acids is 1. The first-order chi connectivity index (χ1) is 12.8. The molecule has 2 saturated heterocycles. The third-order valence-electron chi connectivity index (χ3n) is 5.62. The topological polar surface area (TPSA) is 45.2 Å². The van der Waals surface area contributed by atoms with Crippen molar-refractivity contribution in [3.8, 4) is 11.1 Å². The predicted octanol–water partition coefficient (Wildman–Crippen LogP) is 3.79. The Morgan fingerprint density at radius 1 is 1.15 bits per heavy atom. The number of likely N-dealkylation sites (N-methyl/N-ethyl adjacent to an activating group) is 1. The van der Waals surface area contributed by atoms with E-state index in [1.54, 1.807) is 17.2 Å². The molecular weight excluding hydrogens is 355 g/mol. The molecule has 142 valence electrons. The van der Waals surface area contributed by atoms with Gasteiger partial charge in [0.1, 0.15) is 5.54 Å². The monoisotopic (exact) mass is 375 g/mol. The number of rotatable bonds is 2. The first-order valence-corrected chi connectivity index (χ1v) is 8.95. The fourth-order valence-corrected chi connectivity index (χ4v) is 4.06. The van der Waals surface area contributed by atoms with Gasteiger partial charge in [-0.15, -0.1) is 0 Å². The number of benzene rings is 1. The summed E-state index contributed by atoms with van der Waals surface area (Å²) >= 11 is 0. The molecule has 3 heterocycles. The first kappa shape index (κ1) is 18.0. The Balaban J connectivity index is 1.56. The van der Waals surface area contributed by atoms with Crippen LogP contribution in [-0.2, 0) is 11.0 Å². The van der Waals surface area contributed by atoms with Crippen molar-refractivity contribution >= 4 is 5.91 Å². The van der Waals surface area contributed by atoms with Crippen LogP contribution in [0.2, 0.25) is 0 Å². The fraction of sp³-hybridized carbons (Fsp3) is 0.400. The molecule has 2 aliphatic rings. The molecule has 0 saturated carbocycles. The van der Waals surface area contributed by atoms with Crippen molar-refractivity contribution in [2.75, 3.05) is 13.6 Å². The highest BCUT2D eigenvalue weighted by Crippen LogP contribution is 2.39. The Morgan fingerprint density at radius 3 is 2.52 bits per heavy atom. The second-order valence-electron chi connectivity index (χ2n) is 7.34. The summed E-state index contributed by atoms with van der Waals surface area (Å²) in [5.41, 5.74) is 1.17. The molecule has 27 heavy (non-hydrogen) atoms. The molecule has 0 aliphatic carbocycles. The Morgan fingerprint density at radius 2 is 1.89 bits per heavy atom. The van der Waals surface area contributed by atoms with Crippen LogP contribution in [-0.4, -0.2) is 34.9 Å². The van der Waals surface area contributed by atoms with E-state index >= 15 is 0 Å². The molecule has 1 aromatic carbocycles. The normalized spacial score (nSPS) is 25.6. The number of hydrogen-bond donors (Lipinski definition) is 1. The highest BCUT2D eigenvalue weighted by Gasteiger charge is 2.50. The highest BCUT2D eigenvalue weighted by molar-refractivity contribution is 5.88. The summed E-state index contributed by atoms with van der Waals surface area (Å²) in [5.74, 6) is 0.129. The van der Waals surface area contributed by atoms with E-state index in [1.165, 1.54) is 12.1 Å². The third-order valence-corrected chi connectivity index (χ3v) is 5.62. The van der Waals surface area contributed by atoms with E-state index in [4.69, 9.17) is 0 Å². The van der Waals surface area contributed by atoms with E-state index in [1.807, 2.05) is 13.1 Å². The molecule has 2 aromatic rings. The number of halogens is 3. The zero-order chi connectivity index (χ0) is 19.2. The Bertz CT molecular complexity index is 866. The van der Waals surface area contributed by atoms with E-state index in [0.717, 1.165) is 49.2 Å². The van der Waals surface area contributed by atoms with Crippen molar-refractivity contribution in [3.63, 3.8) is 0 Å². The van der Waals surface area contributed by atoms with Gasteiger partial charge in [0.05, 0.1) is 17.3 Å². The van der Waals surface area contributed by atoms with Crippen molar-refractivity contribution in [1.29, 1.82) is 0 Å². The maximum absolute atomic E-state index is 12.7. The van der Waals surface area contributed by atoms with Crippen molar-refractivity contribution in [2.24, 2.45) is 0 Å². The zero-order valence-electron chi connectivity index (χ0n) is 14.9. The molecule has 1 N–H and O–H groups in total. The zero-order valence-corrected chi connectivity index (χ0v) is 14.9. The summed E-state index contributed by atoms with van der Waals surface area (Å²) in [6.45, 7) is 0.748. The minimum Gasteiger partial charge on any atom is -0.344 e. The summed E-state index contributed by atoms with van der Waals surface area (Å²) < 4.78 is 38.2. The van der Waals surface area contributed by atoms with E-state index in [9.17, 15) is 18.0 Å². The van der Waals surface area contributed by atoms with Crippen LogP contribution in [0.4, 0.5) is 13.2 Å². The maximum atomic E-state index is 12.7. The van der Waals surface area contributed by atoms with Gasteiger partial charge in [0.25, 0.3) is 0 Å². The number of alkyl halides is 3. The lowest BCUT2D eigenvalue weighted by Crippen LogP contribution is -2.47. The van der Waals surface area contributed by atoms with Gasteiger partial charge in [-0.05, 0) is 54.7 Å². The van der Waals surface area contributed by atoms with Crippen LogP contribution in [0.3, 0.4) is 0 Å². The summed E-state index contributed by atoms with van der Waals surface area (Å²) in [6, 6.07) is 8.77. The van der Waals surface area contributed by atoms with Gasteiger partial charge in [0, 0.05) is 19.8 Å². The van der Waals surface area contributed by atoms with Crippen molar-refractivity contribution in [3.05, 3.63) is 53.9 Å².